The van der Waals surface area contributed by atoms with Gasteiger partial charge in [-0.25, -0.2) is 0 Å². The lowest BCUT2D eigenvalue weighted by atomic mass is 10.0. The van der Waals surface area contributed by atoms with E-state index in [9.17, 15) is 13.2 Å². The Hall–Kier alpha value is -0.790. The second-order valence-electron chi connectivity index (χ2n) is 4.12. The summed E-state index contributed by atoms with van der Waals surface area (Å²) in [6.45, 7) is 0.539. The van der Waals surface area contributed by atoms with Gasteiger partial charge in [-0.1, -0.05) is 22.4 Å². The van der Waals surface area contributed by atoms with E-state index in [1.807, 2.05) is 0 Å². The Balaban J connectivity index is 2.87. The van der Waals surface area contributed by atoms with E-state index in [4.69, 9.17) is 11.5 Å². The fourth-order valence-corrected chi connectivity index (χ4v) is 2.07. The molecule has 0 spiro atoms. The normalized spacial score (nSPS) is 13.4. The molecular weight excluding hydrogens is 325 g/mol. The summed E-state index contributed by atoms with van der Waals surface area (Å²) < 4.78 is 41.6. The molecule has 0 bridgehead atoms. The van der Waals surface area contributed by atoms with Crippen LogP contribution in [0.15, 0.2) is 22.7 Å². The van der Waals surface area contributed by atoms with Crippen molar-refractivity contribution in [1.29, 1.82) is 0 Å². The summed E-state index contributed by atoms with van der Waals surface area (Å²) in [5.41, 5.74) is 11.6. The zero-order valence-electron chi connectivity index (χ0n) is 10.2. The van der Waals surface area contributed by atoms with Gasteiger partial charge in [0.1, 0.15) is 5.75 Å². The van der Waals surface area contributed by atoms with Gasteiger partial charge in [-0.2, -0.15) is 0 Å². The molecule has 0 saturated carbocycles. The highest BCUT2D eigenvalue weighted by atomic mass is 79.9. The highest BCUT2D eigenvalue weighted by Crippen LogP contribution is 2.33. The summed E-state index contributed by atoms with van der Waals surface area (Å²) in [6.07, 6.45) is -2.62. The van der Waals surface area contributed by atoms with Crippen molar-refractivity contribution in [3.63, 3.8) is 0 Å². The standard InChI is InChI=1S/C12H16BrF3N2O/c13-8-4-5-11(19-12(14,15)16)9(7-8)10(18)3-1-2-6-17/h4-5,7,10H,1-3,6,17-18H2/t10-/m0/s1. The van der Waals surface area contributed by atoms with E-state index in [0.29, 0.717) is 23.0 Å². The summed E-state index contributed by atoms with van der Waals surface area (Å²) in [6, 6.07) is 3.78. The van der Waals surface area contributed by atoms with Crippen LogP contribution in [0.4, 0.5) is 13.2 Å². The van der Waals surface area contributed by atoms with E-state index < -0.39 is 12.4 Å². The molecule has 7 heteroatoms. The van der Waals surface area contributed by atoms with E-state index in [-0.39, 0.29) is 5.75 Å². The van der Waals surface area contributed by atoms with Crippen molar-refractivity contribution in [2.75, 3.05) is 6.54 Å². The first kappa shape index (κ1) is 16.3. The molecule has 1 aromatic carbocycles. The summed E-state index contributed by atoms with van der Waals surface area (Å²) in [5.74, 6) is -0.254. The molecule has 1 aromatic rings. The molecule has 0 aliphatic rings. The van der Waals surface area contributed by atoms with Crippen LogP contribution < -0.4 is 16.2 Å². The van der Waals surface area contributed by atoms with Crippen LogP contribution in [0.5, 0.6) is 5.75 Å². The first-order valence-corrected chi connectivity index (χ1v) is 6.63. The molecule has 0 fully saturated rings. The smallest absolute Gasteiger partial charge is 0.405 e. The molecule has 4 N–H and O–H groups in total. The number of rotatable bonds is 6. The summed E-state index contributed by atoms with van der Waals surface area (Å²) in [7, 11) is 0. The average Bonchev–Trinajstić information content (AvgIpc) is 2.30. The van der Waals surface area contributed by atoms with Crippen molar-refractivity contribution >= 4 is 15.9 Å². The van der Waals surface area contributed by atoms with Crippen molar-refractivity contribution in [2.24, 2.45) is 11.5 Å². The van der Waals surface area contributed by atoms with E-state index in [1.165, 1.54) is 12.1 Å². The molecule has 0 unspecified atom stereocenters. The summed E-state index contributed by atoms with van der Waals surface area (Å²) in [5, 5.41) is 0. The summed E-state index contributed by atoms with van der Waals surface area (Å²) in [4.78, 5) is 0. The van der Waals surface area contributed by atoms with Crippen molar-refractivity contribution < 1.29 is 17.9 Å². The molecule has 0 saturated heterocycles. The van der Waals surface area contributed by atoms with Crippen LogP contribution >= 0.6 is 15.9 Å². The molecule has 0 heterocycles. The molecule has 19 heavy (non-hydrogen) atoms. The second kappa shape index (κ2) is 7.12. The van der Waals surface area contributed by atoms with Gasteiger partial charge in [0, 0.05) is 16.1 Å². The first-order chi connectivity index (χ1) is 8.83. The van der Waals surface area contributed by atoms with Crippen LogP contribution in [0.25, 0.3) is 0 Å². The molecule has 0 amide bonds. The van der Waals surface area contributed by atoms with Crippen LogP contribution in [0.3, 0.4) is 0 Å². The van der Waals surface area contributed by atoms with Gasteiger partial charge in [0.25, 0.3) is 0 Å². The Labute approximate surface area is 118 Å². The molecule has 108 valence electrons. The minimum Gasteiger partial charge on any atom is -0.405 e. The highest BCUT2D eigenvalue weighted by molar-refractivity contribution is 9.10. The van der Waals surface area contributed by atoms with Gasteiger partial charge in [-0.3, -0.25) is 0 Å². The lowest BCUT2D eigenvalue weighted by molar-refractivity contribution is -0.275. The van der Waals surface area contributed by atoms with Crippen molar-refractivity contribution in [3.05, 3.63) is 28.2 Å². The van der Waals surface area contributed by atoms with Gasteiger partial charge in [0.05, 0.1) is 0 Å². The van der Waals surface area contributed by atoms with Crippen LogP contribution in [-0.2, 0) is 0 Å². The van der Waals surface area contributed by atoms with Crippen LogP contribution in [0.2, 0.25) is 0 Å². The Bertz CT molecular complexity index is 412. The zero-order chi connectivity index (χ0) is 14.5. The molecule has 3 nitrogen and oxygen atoms in total. The van der Waals surface area contributed by atoms with Crippen LogP contribution in [0.1, 0.15) is 30.9 Å². The Morgan fingerprint density at radius 2 is 1.95 bits per heavy atom. The van der Waals surface area contributed by atoms with E-state index in [0.717, 1.165) is 12.8 Å². The highest BCUT2D eigenvalue weighted by Gasteiger charge is 2.32. The largest absolute Gasteiger partial charge is 0.573 e. The van der Waals surface area contributed by atoms with Crippen LogP contribution in [0, 0.1) is 0 Å². The van der Waals surface area contributed by atoms with Crippen molar-refractivity contribution in [1.82, 2.24) is 0 Å². The number of hydrogen-bond acceptors (Lipinski definition) is 3. The maximum absolute atomic E-state index is 12.3. The molecule has 1 rings (SSSR count). The number of ether oxygens (including phenoxy) is 1. The zero-order valence-corrected chi connectivity index (χ0v) is 11.8. The molecule has 0 aliphatic heterocycles. The van der Waals surface area contributed by atoms with Gasteiger partial charge in [0.15, 0.2) is 0 Å². The molecule has 0 aliphatic carbocycles. The van der Waals surface area contributed by atoms with Gasteiger partial charge < -0.3 is 16.2 Å². The lowest BCUT2D eigenvalue weighted by Gasteiger charge is -2.18. The fraction of sp³-hybridized carbons (Fsp3) is 0.500. The van der Waals surface area contributed by atoms with Gasteiger partial charge in [0.2, 0.25) is 0 Å². The molecule has 0 radical (unpaired) electrons. The Morgan fingerprint density at radius 1 is 1.26 bits per heavy atom. The Morgan fingerprint density at radius 3 is 2.53 bits per heavy atom. The van der Waals surface area contributed by atoms with Crippen molar-refractivity contribution in [3.8, 4) is 5.75 Å². The third kappa shape index (κ3) is 5.80. The third-order valence-electron chi connectivity index (χ3n) is 2.57. The second-order valence-corrected chi connectivity index (χ2v) is 5.04. The first-order valence-electron chi connectivity index (χ1n) is 5.84. The quantitative estimate of drug-likeness (QED) is 0.779. The number of unbranched alkanes of at least 4 members (excludes halogenated alkanes) is 1. The van der Waals surface area contributed by atoms with Gasteiger partial charge >= 0.3 is 6.36 Å². The Kier molecular flexibility index (Phi) is 6.09. The minimum atomic E-state index is -4.72. The summed E-state index contributed by atoms with van der Waals surface area (Å²) >= 11 is 3.21. The predicted octanol–water partition coefficient (Wildman–Crippen LogP) is 3.48. The lowest BCUT2D eigenvalue weighted by Crippen LogP contribution is -2.20. The fourth-order valence-electron chi connectivity index (χ4n) is 1.69. The monoisotopic (exact) mass is 340 g/mol. The van der Waals surface area contributed by atoms with Crippen molar-refractivity contribution in [2.45, 2.75) is 31.7 Å². The average molecular weight is 341 g/mol. The maximum atomic E-state index is 12.3. The van der Waals surface area contributed by atoms with E-state index >= 15 is 0 Å². The third-order valence-corrected chi connectivity index (χ3v) is 3.06. The maximum Gasteiger partial charge on any atom is 0.573 e. The minimum absolute atomic E-state index is 0.254. The number of alkyl halides is 3. The van der Waals surface area contributed by atoms with E-state index in [2.05, 4.69) is 20.7 Å². The van der Waals surface area contributed by atoms with Gasteiger partial charge in [-0.05, 0) is 37.6 Å². The van der Waals surface area contributed by atoms with Crippen LogP contribution in [-0.4, -0.2) is 12.9 Å². The SMILES string of the molecule is NCCCC[C@H](N)c1cc(Br)ccc1OC(F)(F)F. The molecule has 1 atom stereocenters. The predicted molar refractivity (Wildman–Crippen MR) is 70.7 cm³/mol. The molecular formula is C12H16BrF3N2O. The number of halogens is 4. The number of nitrogens with two attached hydrogens (primary N) is 2. The van der Waals surface area contributed by atoms with E-state index in [1.54, 1.807) is 6.07 Å². The topological polar surface area (TPSA) is 61.3 Å². The number of hydrogen-bond donors (Lipinski definition) is 2. The number of benzene rings is 1. The molecule has 0 aromatic heterocycles. The van der Waals surface area contributed by atoms with Gasteiger partial charge in [-0.15, -0.1) is 13.2 Å².